The Kier molecular flexibility index (Phi) is 3.85. The van der Waals surface area contributed by atoms with Gasteiger partial charge in [-0.25, -0.2) is 0 Å². The second-order valence-electron chi connectivity index (χ2n) is 7.07. The molecule has 0 atom stereocenters. The molecule has 0 aliphatic rings. The molecule has 1 N–H and O–H groups in total. The van der Waals surface area contributed by atoms with Crippen LogP contribution in [0.5, 0.6) is 0 Å². The highest BCUT2D eigenvalue weighted by Crippen LogP contribution is 2.29. The van der Waals surface area contributed by atoms with Crippen molar-refractivity contribution in [2.75, 3.05) is 0 Å². The molecule has 3 rings (SSSR count). The van der Waals surface area contributed by atoms with Crippen molar-refractivity contribution in [3.05, 3.63) is 69.9 Å². The second kappa shape index (κ2) is 5.69. The van der Waals surface area contributed by atoms with E-state index in [0.717, 1.165) is 28.6 Å². The van der Waals surface area contributed by atoms with E-state index in [-0.39, 0.29) is 10.8 Å². The third-order valence-electron chi connectivity index (χ3n) is 4.38. The lowest BCUT2D eigenvalue weighted by atomic mass is 9.84. The average Bonchev–Trinajstić information content (AvgIpc) is 2.53. The average molecular weight is 305 g/mol. The second-order valence-corrected chi connectivity index (χ2v) is 7.07. The van der Waals surface area contributed by atoms with Crippen molar-refractivity contribution in [2.24, 2.45) is 0 Å². The highest BCUT2D eigenvalue weighted by Gasteiger charge is 2.16. The molecule has 0 fully saturated rings. The molecule has 0 saturated carbocycles. The van der Waals surface area contributed by atoms with Crippen molar-refractivity contribution in [1.82, 2.24) is 4.98 Å². The summed E-state index contributed by atoms with van der Waals surface area (Å²) in [6.45, 7) is 8.82. The minimum Gasteiger partial charge on any atom is -0.354 e. The fraction of sp³-hybridized carbons (Fsp3) is 0.286. The first-order valence-electron chi connectivity index (χ1n) is 8.16. The number of aromatic amines is 1. The summed E-state index contributed by atoms with van der Waals surface area (Å²) >= 11 is 0. The van der Waals surface area contributed by atoms with Gasteiger partial charge in [-0.1, -0.05) is 58.0 Å². The Labute approximate surface area is 137 Å². The van der Waals surface area contributed by atoms with Crippen LogP contribution >= 0.6 is 0 Å². The number of hydrogen-bond donors (Lipinski definition) is 1. The third-order valence-corrected chi connectivity index (χ3v) is 4.38. The smallest absolute Gasteiger partial charge is 0.190 e. The van der Waals surface area contributed by atoms with Crippen LogP contribution in [0.25, 0.3) is 22.2 Å². The van der Waals surface area contributed by atoms with Gasteiger partial charge in [0.1, 0.15) is 0 Å². The van der Waals surface area contributed by atoms with E-state index >= 15 is 0 Å². The summed E-state index contributed by atoms with van der Waals surface area (Å²) in [4.78, 5) is 15.8. The van der Waals surface area contributed by atoms with Gasteiger partial charge in [-0.3, -0.25) is 4.79 Å². The van der Waals surface area contributed by atoms with Gasteiger partial charge in [0.25, 0.3) is 0 Å². The summed E-state index contributed by atoms with van der Waals surface area (Å²) in [6, 6.07) is 16.0. The largest absolute Gasteiger partial charge is 0.354 e. The maximum absolute atomic E-state index is 12.4. The number of para-hydroxylation sites is 1. The van der Waals surface area contributed by atoms with E-state index in [4.69, 9.17) is 0 Å². The minimum absolute atomic E-state index is 0.0660. The Bertz CT molecular complexity index is 913. The summed E-state index contributed by atoms with van der Waals surface area (Å²) in [5, 5.41) is 0.737. The van der Waals surface area contributed by atoms with Gasteiger partial charge in [0.15, 0.2) is 5.43 Å². The van der Waals surface area contributed by atoms with E-state index in [9.17, 15) is 4.79 Å². The van der Waals surface area contributed by atoms with Gasteiger partial charge in [-0.15, -0.1) is 0 Å². The number of H-pyrrole nitrogens is 1. The Hall–Kier alpha value is -2.35. The number of rotatable bonds is 2. The van der Waals surface area contributed by atoms with Gasteiger partial charge < -0.3 is 4.98 Å². The molecule has 0 radical (unpaired) electrons. The monoisotopic (exact) mass is 305 g/mol. The number of fused-ring (bicyclic) bond motifs is 1. The Morgan fingerprint density at radius 1 is 1.00 bits per heavy atom. The van der Waals surface area contributed by atoms with Crippen molar-refractivity contribution < 1.29 is 0 Å². The lowest BCUT2D eigenvalue weighted by Gasteiger charge is -2.21. The zero-order chi connectivity index (χ0) is 16.6. The highest BCUT2D eigenvalue weighted by molar-refractivity contribution is 5.81. The SMILES string of the molecule is CCc1cc(C(C)(C)C)ccc1-c1cc(=O)c2ccccc2[nH]1. The van der Waals surface area contributed by atoms with Gasteiger partial charge in [0.2, 0.25) is 0 Å². The van der Waals surface area contributed by atoms with Gasteiger partial charge in [0.05, 0.1) is 0 Å². The summed E-state index contributed by atoms with van der Waals surface area (Å²) in [5.41, 5.74) is 5.67. The number of aromatic nitrogens is 1. The van der Waals surface area contributed by atoms with Crippen molar-refractivity contribution in [3.8, 4) is 11.3 Å². The fourth-order valence-corrected chi connectivity index (χ4v) is 2.96. The number of aryl methyl sites for hydroxylation is 1. The van der Waals surface area contributed by atoms with E-state index in [0.29, 0.717) is 0 Å². The molecule has 0 bridgehead atoms. The zero-order valence-corrected chi connectivity index (χ0v) is 14.2. The van der Waals surface area contributed by atoms with E-state index in [1.54, 1.807) is 6.07 Å². The quantitative estimate of drug-likeness (QED) is 0.705. The van der Waals surface area contributed by atoms with Crippen LogP contribution in [0.2, 0.25) is 0 Å². The molecule has 1 aromatic heterocycles. The first-order chi connectivity index (χ1) is 10.9. The zero-order valence-electron chi connectivity index (χ0n) is 14.2. The minimum atomic E-state index is 0.0660. The van der Waals surface area contributed by atoms with Crippen LogP contribution in [-0.2, 0) is 11.8 Å². The fourth-order valence-electron chi connectivity index (χ4n) is 2.96. The molecule has 2 heteroatoms. The van der Waals surface area contributed by atoms with E-state index in [1.807, 2.05) is 24.3 Å². The molecule has 23 heavy (non-hydrogen) atoms. The Balaban J connectivity index is 2.20. The van der Waals surface area contributed by atoms with Crippen LogP contribution in [0.3, 0.4) is 0 Å². The molecule has 0 amide bonds. The van der Waals surface area contributed by atoms with Crippen molar-refractivity contribution >= 4 is 10.9 Å². The normalized spacial score (nSPS) is 11.8. The first kappa shape index (κ1) is 15.5. The lowest BCUT2D eigenvalue weighted by molar-refractivity contribution is 0.589. The predicted molar refractivity (Wildman–Crippen MR) is 98.1 cm³/mol. The van der Waals surface area contributed by atoms with Crippen LogP contribution in [0.4, 0.5) is 0 Å². The van der Waals surface area contributed by atoms with Crippen LogP contribution in [0, 0.1) is 0 Å². The van der Waals surface area contributed by atoms with E-state index < -0.39 is 0 Å². The van der Waals surface area contributed by atoms with Crippen LogP contribution in [0.1, 0.15) is 38.8 Å². The number of hydrogen-bond acceptors (Lipinski definition) is 1. The number of benzene rings is 2. The van der Waals surface area contributed by atoms with E-state index in [1.165, 1.54) is 11.1 Å². The topological polar surface area (TPSA) is 32.9 Å². The Morgan fingerprint density at radius 3 is 2.43 bits per heavy atom. The highest BCUT2D eigenvalue weighted by atomic mass is 16.1. The van der Waals surface area contributed by atoms with Crippen LogP contribution in [-0.4, -0.2) is 4.98 Å². The molecule has 3 aromatic rings. The molecule has 0 aliphatic carbocycles. The van der Waals surface area contributed by atoms with Crippen LogP contribution in [0.15, 0.2) is 53.3 Å². The maximum Gasteiger partial charge on any atom is 0.190 e. The van der Waals surface area contributed by atoms with Crippen molar-refractivity contribution in [2.45, 2.75) is 39.5 Å². The van der Waals surface area contributed by atoms with Crippen molar-refractivity contribution in [3.63, 3.8) is 0 Å². The van der Waals surface area contributed by atoms with Crippen LogP contribution < -0.4 is 5.43 Å². The van der Waals surface area contributed by atoms with Crippen molar-refractivity contribution in [1.29, 1.82) is 0 Å². The summed E-state index contributed by atoms with van der Waals surface area (Å²) < 4.78 is 0. The lowest BCUT2D eigenvalue weighted by Crippen LogP contribution is -2.12. The van der Waals surface area contributed by atoms with Gasteiger partial charge >= 0.3 is 0 Å². The van der Waals surface area contributed by atoms with Gasteiger partial charge in [-0.2, -0.15) is 0 Å². The summed E-state index contributed by atoms with van der Waals surface area (Å²) in [6.07, 6.45) is 0.939. The standard InChI is InChI=1S/C21H23NO/c1-5-14-12-15(21(2,3)4)10-11-16(14)19-13-20(23)17-8-6-7-9-18(17)22-19/h6-13H,5H2,1-4H3,(H,22,23). The molecular formula is C21H23NO. The van der Waals surface area contributed by atoms with Gasteiger partial charge in [-0.05, 0) is 35.1 Å². The molecule has 2 aromatic carbocycles. The number of pyridine rings is 1. The summed E-state index contributed by atoms with van der Waals surface area (Å²) in [7, 11) is 0. The molecule has 0 spiro atoms. The molecular weight excluding hydrogens is 282 g/mol. The van der Waals surface area contributed by atoms with Gasteiger partial charge in [0, 0.05) is 28.2 Å². The molecule has 1 heterocycles. The predicted octanol–water partition coefficient (Wildman–Crippen LogP) is 5.06. The molecule has 2 nitrogen and oxygen atoms in total. The summed E-state index contributed by atoms with van der Waals surface area (Å²) in [5.74, 6) is 0. The molecule has 0 saturated heterocycles. The number of nitrogens with one attached hydrogen (secondary N) is 1. The first-order valence-corrected chi connectivity index (χ1v) is 8.16. The molecule has 118 valence electrons. The third kappa shape index (κ3) is 2.94. The molecule has 0 unspecified atom stereocenters. The molecule has 0 aliphatic heterocycles. The maximum atomic E-state index is 12.4. The Morgan fingerprint density at radius 2 is 1.74 bits per heavy atom. The van der Waals surface area contributed by atoms with E-state index in [2.05, 4.69) is 50.9 Å².